The monoisotopic (exact) mass is 381 g/mol. The fourth-order valence-electron chi connectivity index (χ4n) is 2.66. The number of aromatic nitrogens is 2. The largest absolute Gasteiger partial charge is 0.325 e. The molecule has 1 N–H and O–H groups in total. The van der Waals surface area contributed by atoms with Crippen molar-refractivity contribution in [2.45, 2.75) is 46.5 Å². The van der Waals surface area contributed by atoms with E-state index in [2.05, 4.69) is 17.3 Å². The Kier molecular flexibility index (Phi) is 6.62. The van der Waals surface area contributed by atoms with Crippen LogP contribution in [0, 0.1) is 13.8 Å². The zero-order valence-corrected chi connectivity index (χ0v) is 16.0. The van der Waals surface area contributed by atoms with E-state index in [1.807, 2.05) is 13.8 Å². The lowest BCUT2D eigenvalue weighted by molar-refractivity contribution is -0.116. The van der Waals surface area contributed by atoms with Crippen molar-refractivity contribution in [1.82, 2.24) is 9.78 Å². The Labute approximate surface area is 157 Å². The minimum Gasteiger partial charge on any atom is -0.325 e. The highest BCUT2D eigenvalue weighted by Crippen LogP contribution is 2.25. The number of amides is 1. The van der Waals surface area contributed by atoms with Gasteiger partial charge in [0, 0.05) is 23.6 Å². The first-order chi connectivity index (χ1) is 11.8. The van der Waals surface area contributed by atoms with Gasteiger partial charge in [-0.15, -0.1) is 0 Å². The summed E-state index contributed by atoms with van der Waals surface area (Å²) in [5.41, 5.74) is 3.30. The molecule has 0 aliphatic rings. The maximum Gasteiger partial charge on any atom is 0.247 e. The van der Waals surface area contributed by atoms with Gasteiger partial charge in [0.25, 0.3) is 0 Å². The average Bonchev–Trinajstić information content (AvgIpc) is 2.84. The van der Waals surface area contributed by atoms with E-state index in [-0.39, 0.29) is 24.7 Å². The molecule has 134 valence electrons. The van der Waals surface area contributed by atoms with Crippen molar-refractivity contribution in [1.29, 1.82) is 0 Å². The van der Waals surface area contributed by atoms with Crippen LogP contribution in [0.4, 0.5) is 5.69 Å². The molecule has 1 heterocycles. The van der Waals surface area contributed by atoms with Crippen LogP contribution in [0.1, 0.15) is 47.9 Å². The van der Waals surface area contributed by atoms with E-state index < -0.39 is 0 Å². The quantitative estimate of drug-likeness (QED) is 0.779. The third kappa shape index (κ3) is 4.83. The van der Waals surface area contributed by atoms with Crippen LogP contribution in [0.15, 0.2) is 18.2 Å². The van der Waals surface area contributed by atoms with Gasteiger partial charge in [-0.1, -0.05) is 36.5 Å². The second-order valence-corrected chi connectivity index (χ2v) is 6.72. The molecule has 1 aromatic carbocycles. The molecule has 0 atom stereocenters. The topological polar surface area (TPSA) is 64.0 Å². The Hall–Kier alpha value is -1.85. The summed E-state index contributed by atoms with van der Waals surface area (Å²) in [7, 11) is 0. The number of anilines is 1. The first kappa shape index (κ1) is 19.5. The predicted molar refractivity (Wildman–Crippen MR) is 101 cm³/mol. The van der Waals surface area contributed by atoms with E-state index in [4.69, 9.17) is 23.2 Å². The Morgan fingerprint density at radius 1 is 1.20 bits per heavy atom. The van der Waals surface area contributed by atoms with Crippen molar-refractivity contribution in [2.75, 3.05) is 5.32 Å². The second-order valence-electron chi connectivity index (χ2n) is 5.88. The van der Waals surface area contributed by atoms with Gasteiger partial charge < -0.3 is 5.32 Å². The van der Waals surface area contributed by atoms with Crippen LogP contribution < -0.4 is 5.32 Å². The van der Waals surface area contributed by atoms with E-state index in [0.29, 0.717) is 15.7 Å². The molecule has 25 heavy (non-hydrogen) atoms. The molecule has 0 unspecified atom stereocenters. The molecule has 2 aromatic rings. The molecule has 0 bridgehead atoms. The van der Waals surface area contributed by atoms with Crippen LogP contribution in [0.5, 0.6) is 0 Å². The van der Waals surface area contributed by atoms with Gasteiger partial charge in [0.05, 0.1) is 16.4 Å². The molecule has 0 radical (unpaired) electrons. The van der Waals surface area contributed by atoms with E-state index in [1.54, 1.807) is 18.2 Å². The minimum absolute atomic E-state index is 0.0548. The molecule has 0 aliphatic heterocycles. The average molecular weight is 382 g/mol. The number of carbonyl (C=O) groups excluding carboxylic acids is 2. The Morgan fingerprint density at radius 2 is 1.92 bits per heavy atom. The second kappa shape index (κ2) is 8.50. The van der Waals surface area contributed by atoms with Crippen molar-refractivity contribution < 1.29 is 9.59 Å². The Morgan fingerprint density at radius 3 is 2.56 bits per heavy atom. The summed E-state index contributed by atoms with van der Waals surface area (Å²) in [5, 5.41) is 7.85. The summed E-state index contributed by atoms with van der Waals surface area (Å²) in [4.78, 5) is 24.4. The molecule has 0 saturated heterocycles. The fourth-order valence-corrected chi connectivity index (χ4v) is 3.12. The van der Waals surface area contributed by atoms with Crippen LogP contribution in [0.2, 0.25) is 10.0 Å². The smallest absolute Gasteiger partial charge is 0.247 e. The van der Waals surface area contributed by atoms with Gasteiger partial charge in [0.1, 0.15) is 0 Å². The lowest BCUT2D eigenvalue weighted by atomic mass is 10.1. The number of rotatable bonds is 6. The summed E-state index contributed by atoms with van der Waals surface area (Å²) < 4.78 is 1.41. The predicted octanol–water partition coefficient (Wildman–Crippen LogP) is 4.82. The van der Waals surface area contributed by atoms with Crippen molar-refractivity contribution in [2.24, 2.45) is 0 Å². The van der Waals surface area contributed by atoms with Gasteiger partial charge in [-0.3, -0.25) is 9.59 Å². The third-order valence-electron chi connectivity index (χ3n) is 3.95. The number of aryl methyl sites for hydroxylation is 1. The highest BCUT2D eigenvalue weighted by Gasteiger charge is 2.17. The lowest BCUT2D eigenvalue weighted by Crippen LogP contribution is -2.18. The summed E-state index contributed by atoms with van der Waals surface area (Å²) in [6.07, 6.45) is 2.01. The third-order valence-corrected chi connectivity index (χ3v) is 4.50. The highest BCUT2D eigenvalue weighted by molar-refractivity contribution is 6.36. The van der Waals surface area contributed by atoms with Crippen molar-refractivity contribution in [3.63, 3.8) is 0 Å². The SMILES string of the molecule is CCCc1c(C)nn(C(=O)CCC(=O)Nc2ccc(Cl)cc2Cl)c1C. The summed E-state index contributed by atoms with van der Waals surface area (Å²) in [6, 6.07) is 4.82. The molecule has 0 spiro atoms. The maximum absolute atomic E-state index is 12.4. The number of halogens is 2. The highest BCUT2D eigenvalue weighted by atomic mass is 35.5. The molecule has 1 amide bonds. The van der Waals surface area contributed by atoms with Gasteiger partial charge in [-0.25, -0.2) is 4.68 Å². The Balaban J connectivity index is 1.98. The number of hydrogen-bond donors (Lipinski definition) is 1. The lowest BCUT2D eigenvalue weighted by Gasteiger charge is -2.08. The van der Waals surface area contributed by atoms with Crippen LogP contribution in [0.3, 0.4) is 0 Å². The van der Waals surface area contributed by atoms with E-state index >= 15 is 0 Å². The number of carbonyl (C=O) groups is 2. The first-order valence-electron chi connectivity index (χ1n) is 8.16. The van der Waals surface area contributed by atoms with E-state index in [0.717, 1.165) is 29.8 Å². The molecular weight excluding hydrogens is 361 g/mol. The molecule has 0 fully saturated rings. The maximum atomic E-state index is 12.4. The Bertz CT molecular complexity index is 800. The zero-order valence-electron chi connectivity index (χ0n) is 14.5. The van der Waals surface area contributed by atoms with Gasteiger partial charge in [-0.05, 0) is 44.0 Å². The molecular formula is C18H21Cl2N3O2. The number of nitrogens with one attached hydrogen (secondary N) is 1. The van der Waals surface area contributed by atoms with Crippen LogP contribution in [0.25, 0.3) is 0 Å². The van der Waals surface area contributed by atoms with Crippen molar-refractivity contribution in [3.05, 3.63) is 45.2 Å². The molecule has 7 heteroatoms. The molecule has 0 saturated carbocycles. The molecule has 5 nitrogen and oxygen atoms in total. The first-order valence-corrected chi connectivity index (χ1v) is 8.92. The normalized spacial score (nSPS) is 10.8. The minimum atomic E-state index is -0.284. The van der Waals surface area contributed by atoms with E-state index in [1.165, 1.54) is 4.68 Å². The molecule has 1 aromatic heterocycles. The van der Waals surface area contributed by atoms with Crippen LogP contribution >= 0.6 is 23.2 Å². The zero-order chi connectivity index (χ0) is 18.6. The number of hydrogen-bond acceptors (Lipinski definition) is 3. The number of nitrogens with zero attached hydrogens (tertiary/aromatic N) is 2. The molecule has 2 rings (SSSR count). The fraction of sp³-hybridized carbons (Fsp3) is 0.389. The molecule has 0 aliphatic carbocycles. The standard InChI is InChI=1S/C18H21Cl2N3O2/c1-4-5-14-11(2)22-23(12(14)3)18(25)9-8-17(24)21-16-7-6-13(19)10-15(16)20/h6-7,10H,4-5,8-9H2,1-3H3,(H,21,24). The van der Waals surface area contributed by atoms with Gasteiger partial charge in [0.2, 0.25) is 11.8 Å². The van der Waals surface area contributed by atoms with Gasteiger partial charge in [0.15, 0.2) is 0 Å². The summed E-state index contributed by atoms with van der Waals surface area (Å²) in [6.45, 7) is 5.87. The van der Waals surface area contributed by atoms with Crippen molar-refractivity contribution in [3.8, 4) is 0 Å². The van der Waals surface area contributed by atoms with Crippen LogP contribution in [-0.4, -0.2) is 21.6 Å². The van der Waals surface area contributed by atoms with Crippen LogP contribution in [-0.2, 0) is 11.2 Å². The number of benzene rings is 1. The van der Waals surface area contributed by atoms with E-state index in [9.17, 15) is 9.59 Å². The van der Waals surface area contributed by atoms with Gasteiger partial charge in [-0.2, -0.15) is 5.10 Å². The summed E-state index contributed by atoms with van der Waals surface area (Å²) in [5.74, 6) is -0.479. The van der Waals surface area contributed by atoms with Gasteiger partial charge >= 0.3 is 0 Å². The van der Waals surface area contributed by atoms with Crippen molar-refractivity contribution >= 4 is 40.7 Å². The summed E-state index contributed by atoms with van der Waals surface area (Å²) >= 11 is 11.8.